The molecule has 0 spiro atoms. The maximum absolute atomic E-state index is 14.8. The molecule has 4 aromatic rings. The van der Waals surface area contributed by atoms with Crippen molar-refractivity contribution >= 4 is 27.7 Å². The Hall–Kier alpha value is -5.27. The second-order valence-corrected chi connectivity index (χ2v) is 12.3. The van der Waals surface area contributed by atoms with E-state index in [-0.39, 0.29) is 32.0 Å². The Morgan fingerprint density at radius 3 is 2.31 bits per heavy atom. The number of aliphatic hydroxyl groups is 1. The van der Waals surface area contributed by atoms with E-state index in [1.165, 1.54) is 0 Å². The van der Waals surface area contributed by atoms with Gasteiger partial charge in [-0.3, -0.25) is 10.2 Å². The predicted octanol–water partition coefficient (Wildman–Crippen LogP) is 6.37. The topological polar surface area (TPSA) is 169 Å². The Labute approximate surface area is 304 Å². The largest absolute Gasteiger partial charge is 0.496 e. The van der Waals surface area contributed by atoms with Crippen molar-refractivity contribution in [2.24, 2.45) is 10.1 Å². The number of amides is 1. The smallest absolute Gasteiger partial charge is 0.266 e. The van der Waals surface area contributed by atoms with Gasteiger partial charge in [0, 0.05) is 58.6 Å². The summed E-state index contributed by atoms with van der Waals surface area (Å²) >= 11 is 3.68. The summed E-state index contributed by atoms with van der Waals surface area (Å²) in [4.78, 5) is 22.8. The molecule has 0 radical (unpaired) electrons. The molecule has 13 nitrogen and oxygen atoms in total. The first kappa shape index (κ1) is 37.0. The molecule has 2 atom stereocenters. The van der Waals surface area contributed by atoms with Gasteiger partial charge in [-0.05, 0) is 47.0 Å². The van der Waals surface area contributed by atoms with Crippen LogP contribution < -0.4 is 29.8 Å². The van der Waals surface area contributed by atoms with Crippen LogP contribution in [0.3, 0.4) is 0 Å². The lowest BCUT2D eigenvalue weighted by molar-refractivity contribution is -0.130. The number of hydrogen-bond donors (Lipinski definition) is 3. The SMILES string of the molecule is COc1cc(OC)c(CNNC(=O)[C@@]2(Cc3ccccc3CN=[N+]=[N-])N=C(c3ccc(OCCCO)cc3)O[C@H]2c2ccccc2Br)c(OC)c1. The first-order valence-electron chi connectivity index (χ1n) is 16.1. The average molecular weight is 760 g/mol. The number of methoxy groups -OCH3 is 3. The average Bonchev–Trinajstić information content (AvgIpc) is 3.54. The molecule has 3 N–H and O–H groups in total. The summed E-state index contributed by atoms with van der Waals surface area (Å²) in [5.41, 5.74) is 17.0. The summed E-state index contributed by atoms with van der Waals surface area (Å²) in [5.74, 6) is 1.99. The van der Waals surface area contributed by atoms with Crippen LogP contribution in [0.5, 0.6) is 23.0 Å². The third-order valence-electron chi connectivity index (χ3n) is 8.38. The molecule has 51 heavy (non-hydrogen) atoms. The van der Waals surface area contributed by atoms with E-state index in [9.17, 15) is 4.79 Å². The molecular formula is C37H39BrN6O7. The normalized spacial score (nSPS) is 16.3. The van der Waals surface area contributed by atoms with Crippen molar-refractivity contribution in [1.29, 1.82) is 0 Å². The van der Waals surface area contributed by atoms with Crippen molar-refractivity contribution in [3.8, 4) is 23.0 Å². The van der Waals surface area contributed by atoms with Gasteiger partial charge in [0.25, 0.3) is 5.91 Å². The Balaban J connectivity index is 1.57. The zero-order valence-corrected chi connectivity index (χ0v) is 30.1. The van der Waals surface area contributed by atoms with Crippen molar-refractivity contribution in [2.45, 2.75) is 37.6 Å². The van der Waals surface area contributed by atoms with Crippen molar-refractivity contribution in [1.82, 2.24) is 10.9 Å². The lowest BCUT2D eigenvalue weighted by Gasteiger charge is -2.32. The quantitative estimate of drug-likeness (QED) is 0.0367. The summed E-state index contributed by atoms with van der Waals surface area (Å²) in [5, 5.41) is 12.9. The molecule has 0 bridgehead atoms. The molecule has 1 heterocycles. The number of nitrogens with one attached hydrogen (secondary N) is 2. The number of azide groups is 1. The van der Waals surface area contributed by atoms with Crippen LogP contribution in [-0.4, -0.2) is 57.0 Å². The van der Waals surface area contributed by atoms with Crippen LogP contribution in [0.4, 0.5) is 0 Å². The van der Waals surface area contributed by atoms with E-state index in [1.807, 2.05) is 60.7 Å². The molecule has 0 fully saturated rings. The zero-order chi connectivity index (χ0) is 36.2. The Morgan fingerprint density at radius 2 is 1.67 bits per heavy atom. The molecule has 14 heteroatoms. The second kappa shape index (κ2) is 17.6. The third-order valence-corrected chi connectivity index (χ3v) is 9.11. The molecule has 1 amide bonds. The van der Waals surface area contributed by atoms with E-state index >= 15 is 0 Å². The van der Waals surface area contributed by atoms with Gasteiger partial charge in [0.2, 0.25) is 5.90 Å². The summed E-state index contributed by atoms with van der Waals surface area (Å²) in [7, 11) is 4.64. The maximum atomic E-state index is 14.8. The number of aliphatic imine (C=N–C) groups is 1. The van der Waals surface area contributed by atoms with E-state index in [0.29, 0.717) is 52.7 Å². The molecule has 0 aliphatic carbocycles. The van der Waals surface area contributed by atoms with E-state index in [0.717, 1.165) is 15.6 Å². The van der Waals surface area contributed by atoms with Gasteiger partial charge < -0.3 is 28.8 Å². The van der Waals surface area contributed by atoms with Crippen molar-refractivity contribution in [3.05, 3.63) is 128 Å². The van der Waals surface area contributed by atoms with Crippen LogP contribution in [0.25, 0.3) is 10.4 Å². The number of halogens is 1. The second-order valence-electron chi connectivity index (χ2n) is 11.5. The molecule has 5 rings (SSSR count). The molecular weight excluding hydrogens is 720 g/mol. The van der Waals surface area contributed by atoms with Crippen LogP contribution >= 0.6 is 15.9 Å². The summed E-state index contributed by atoms with van der Waals surface area (Å²) in [6.07, 6.45) is -0.274. The highest BCUT2D eigenvalue weighted by molar-refractivity contribution is 9.10. The molecule has 4 aromatic carbocycles. The minimum absolute atomic E-state index is 0.0331. The standard InChI is InChI=1S/C37H39BrN6O7/c1-47-28-19-32(48-2)30(33(20-28)49-3)23-40-43-36(46)37(21-25-9-4-5-10-26(25)22-41-44-39)34(29-11-6-7-12-31(29)38)51-35(42-37)24-13-15-27(16-14-24)50-18-8-17-45/h4-7,9-16,19-20,34,40,45H,8,17-18,21-23H2,1-3H3,(H,43,46)/t34-,37-/m0/s1. The zero-order valence-electron chi connectivity index (χ0n) is 28.5. The minimum atomic E-state index is -1.55. The number of ether oxygens (including phenoxy) is 5. The predicted molar refractivity (Wildman–Crippen MR) is 195 cm³/mol. The van der Waals surface area contributed by atoms with Gasteiger partial charge in [0.1, 0.15) is 23.0 Å². The van der Waals surface area contributed by atoms with Gasteiger partial charge in [-0.1, -0.05) is 63.5 Å². The number of benzene rings is 4. The molecule has 0 saturated carbocycles. The number of carbonyl (C=O) groups is 1. The number of rotatable bonds is 17. The molecule has 1 aliphatic rings. The van der Waals surface area contributed by atoms with E-state index < -0.39 is 17.6 Å². The highest BCUT2D eigenvalue weighted by Gasteiger charge is 2.54. The minimum Gasteiger partial charge on any atom is -0.496 e. The summed E-state index contributed by atoms with van der Waals surface area (Å²) < 4.78 is 29.7. The monoisotopic (exact) mass is 758 g/mol. The highest BCUT2D eigenvalue weighted by Crippen LogP contribution is 2.45. The third kappa shape index (κ3) is 8.55. The highest BCUT2D eigenvalue weighted by atomic mass is 79.9. The van der Waals surface area contributed by atoms with Crippen LogP contribution in [0.2, 0.25) is 0 Å². The van der Waals surface area contributed by atoms with Gasteiger partial charge in [-0.2, -0.15) is 0 Å². The molecule has 0 saturated heterocycles. The van der Waals surface area contributed by atoms with Crippen LogP contribution in [0, 0.1) is 0 Å². The van der Waals surface area contributed by atoms with Crippen molar-refractivity contribution in [3.63, 3.8) is 0 Å². The van der Waals surface area contributed by atoms with Crippen molar-refractivity contribution < 1.29 is 33.6 Å². The fourth-order valence-corrected chi connectivity index (χ4v) is 6.30. The molecule has 0 aromatic heterocycles. The molecule has 1 aliphatic heterocycles. The number of aliphatic hydroxyl groups excluding tert-OH is 1. The van der Waals surface area contributed by atoms with Crippen molar-refractivity contribution in [2.75, 3.05) is 34.5 Å². The van der Waals surface area contributed by atoms with Crippen LogP contribution in [-0.2, 0) is 29.0 Å². The fourth-order valence-electron chi connectivity index (χ4n) is 5.80. The number of carbonyl (C=O) groups excluding carboxylic acids is 1. The maximum Gasteiger partial charge on any atom is 0.266 e. The fraction of sp³-hybridized carbons (Fsp3) is 0.297. The van der Waals surface area contributed by atoms with Gasteiger partial charge in [0.15, 0.2) is 11.6 Å². The van der Waals surface area contributed by atoms with Gasteiger partial charge in [-0.15, -0.1) is 0 Å². The molecule has 266 valence electrons. The summed E-state index contributed by atoms with van der Waals surface area (Å²) in [6.45, 7) is 0.637. The van der Waals surface area contributed by atoms with Gasteiger partial charge in [0.05, 0.1) is 40.0 Å². The lowest BCUT2D eigenvalue weighted by atomic mass is 9.81. The van der Waals surface area contributed by atoms with E-state index in [1.54, 1.807) is 45.6 Å². The van der Waals surface area contributed by atoms with Gasteiger partial charge in [-0.25, -0.2) is 10.4 Å². The van der Waals surface area contributed by atoms with Gasteiger partial charge >= 0.3 is 0 Å². The van der Waals surface area contributed by atoms with E-state index in [2.05, 4.69) is 36.8 Å². The lowest BCUT2D eigenvalue weighted by Crippen LogP contribution is -2.53. The van der Waals surface area contributed by atoms with Crippen LogP contribution in [0.1, 0.15) is 40.3 Å². The first-order chi connectivity index (χ1) is 24.9. The Bertz CT molecular complexity index is 1880. The number of nitrogens with zero attached hydrogens (tertiary/aromatic N) is 4. The molecule has 0 unspecified atom stereocenters. The first-order valence-corrected chi connectivity index (χ1v) is 16.9. The number of hydrazine groups is 1. The summed E-state index contributed by atoms with van der Waals surface area (Å²) in [6, 6.07) is 25.7. The number of hydrogen-bond acceptors (Lipinski definition) is 10. The Kier molecular flexibility index (Phi) is 12.8. The van der Waals surface area contributed by atoms with Crippen LogP contribution in [0.15, 0.2) is 99.5 Å². The van der Waals surface area contributed by atoms with E-state index in [4.69, 9.17) is 39.3 Å². The Morgan fingerprint density at radius 1 is 0.980 bits per heavy atom.